The second kappa shape index (κ2) is 7.67. The van der Waals surface area contributed by atoms with Crippen molar-refractivity contribution in [3.8, 4) is 0 Å². The van der Waals surface area contributed by atoms with Gasteiger partial charge in [0.15, 0.2) is 15.8 Å². The SMILES string of the molecule is CCNC(=NCCc1ccc(S(C)(=O)=O)cc1)NC1C2CCOC2C12CCC2. The Labute approximate surface area is 168 Å². The summed E-state index contributed by atoms with van der Waals surface area (Å²) in [5, 5.41) is 7.10. The van der Waals surface area contributed by atoms with Gasteiger partial charge in [0.05, 0.1) is 11.0 Å². The first-order valence-corrected chi connectivity index (χ1v) is 12.3. The van der Waals surface area contributed by atoms with E-state index in [0.717, 1.165) is 37.5 Å². The molecule has 3 aliphatic rings. The Morgan fingerprint density at radius 1 is 1.29 bits per heavy atom. The number of aliphatic imine (C=N–C) groups is 1. The standard InChI is InChI=1S/C21H31N3O3S/c1-3-22-20(23-13-9-15-5-7-16(8-6-15)28(2,25)26)24-18-17-10-14-27-19(17)21(18)11-4-12-21/h5-8,17-19H,3-4,9-14H2,1-2H3,(H2,22,23,24). The van der Waals surface area contributed by atoms with Gasteiger partial charge in [-0.3, -0.25) is 4.99 Å². The van der Waals surface area contributed by atoms with E-state index in [2.05, 4.69) is 17.6 Å². The molecule has 2 N–H and O–H groups in total. The fourth-order valence-corrected chi connectivity index (χ4v) is 5.75. The Morgan fingerprint density at radius 2 is 2.04 bits per heavy atom. The number of nitrogens with one attached hydrogen (secondary N) is 2. The molecule has 4 rings (SSSR count). The van der Waals surface area contributed by atoms with E-state index in [1.165, 1.54) is 25.5 Å². The number of benzene rings is 1. The van der Waals surface area contributed by atoms with E-state index in [1.807, 2.05) is 12.1 Å². The summed E-state index contributed by atoms with van der Waals surface area (Å²) in [6.45, 7) is 4.48. The van der Waals surface area contributed by atoms with Crippen molar-refractivity contribution in [3.63, 3.8) is 0 Å². The average molecular weight is 406 g/mol. The molecule has 0 radical (unpaired) electrons. The minimum atomic E-state index is -3.14. The molecule has 2 aliphatic carbocycles. The van der Waals surface area contributed by atoms with E-state index >= 15 is 0 Å². The highest BCUT2D eigenvalue weighted by Crippen LogP contribution is 2.62. The van der Waals surface area contributed by atoms with Gasteiger partial charge in [-0.05, 0) is 50.3 Å². The summed E-state index contributed by atoms with van der Waals surface area (Å²) in [6.07, 6.45) is 7.45. The molecule has 154 valence electrons. The van der Waals surface area contributed by atoms with E-state index in [0.29, 0.717) is 34.9 Å². The third-order valence-electron chi connectivity index (χ3n) is 6.69. The summed E-state index contributed by atoms with van der Waals surface area (Å²) in [5.74, 6) is 1.50. The molecule has 0 amide bonds. The smallest absolute Gasteiger partial charge is 0.191 e. The van der Waals surface area contributed by atoms with Crippen LogP contribution in [0.4, 0.5) is 0 Å². The monoisotopic (exact) mass is 405 g/mol. The fourth-order valence-electron chi connectivity index (χ4n) is 5.12. The minimum Gasteiger partial charge on any atom is -0.377 e. The molecule has 6 nitrogen and oxygen atoms in total. The Kier molecular flexibility index (Phi) is 5.40. The lowest BCUT2D eigenvalue weighted by Crippen LogP contribution is -2.72. The van der Waals surface area contributed by atoms with E-state index in [1.54, 1.807) is 12.1 Å². The summed E-state index contributed by atoms with van der Waals surface area (Å²) in [4.78, 5) is 5.14. The molecule has 1 aromatic carbocycles. The number of guanidine groups is 1. The van der Waals surface area contributed by atoms with Crippen LogP contribution in [0.3, 0.4) is 0 Å². The third kappa shape index (κ3) is 3.54. The summed E-state index contributed by atoms with van der Waals surface area (Å²) in [5.41, 5.74) is 1.43. The van der Waals surface area contributed by atoms with Gasteiger partial charge >= 0.3 is 0 Å². The van der Waals surface area contributed by atoms with Crippen molar-refractivity contribution < 1.29 is 13.2 Å². The Balaban J connectivity index is 1.37. The molecule has 2 saturated carbocycles. The molecular formula is C21H31N3O3S. The highest BCUT2D eigenvalue weighted by atomic mass is 32.2. The Hall–Kier alpha value is -1.60. The van der Waals surface area contributed by atoms with Crippen LogP contribution < -0.4 is 10.6 Å². The van der Waals surface area contributed by atoms with Gasteiger partial charge in [-0.2, -0.15) is 0 Å². The molecule has 3 atom stereocenters. The molecule has 3 unspecified atom stereocenters. The van der Waals surface area contributed by atoms with Crippen molar-refractivity contribution in [2.75, 3.05) is 26.0 Å². The van der Waals surface area contributed by atoms with Crippen LogP contribution in [0.1, 0.15) is 38.2 Å². The molecule has 0 aromatic heterocycles. The number of hydrogen-bond acceptors (Lipinski definition) is 4. The Bertz CT molecular complexity index is 831. The van der Waals surface area contributed by atoms with Crippen LogP contribution in [-0.4, -0.2) is 52.5 Å². The fraction of sp³-hybridized carbons (Fsp3) is 0.667. The number of ether oxygens (including phenoxy) is 1. The van der Waals surface area contributed by atoms with Gasteiger partial charge < -0.3 is 15.4 Å². The lowest BCUT2D eigenvalue weighted by Gasteiger charge is -2.63. The van der Waals surface area contributed by atoms with Crippen molar-refractivity contribution in [2.45, 2.75) is 56.1 Å². The predicted octanol–water partition coefficient (Wildman–Crippen LogP) is 2.15. The second-order valence-electron chi connectivity index (χ2n) is 8.38. The van der Waals surface area contributed by atoms with Gasteiger partial charge in [-0.25, -0.2) is 8.42 Å². The first kappa shape index (κ1) is 19.7. The van der Waals surface area contributed by atoms with Crippen molar-refractivity contribution in [1.82, 2.24) is 10.6 Å². The number of hydrogen-bond donors (Lipinski definition) is 2. The van der Waals surface area contributed by atoms with Crippen LogP contribution in [-0.2, 0) is 21.0 Å². The zero-order valence-corrected chi connectivity index (χ0v) is 17.6. The summed E-state index contributed by atoms with van der Waals surface area (Å²) >= 11 is 0. The molecule has 1 aromatic rings. The molecule has 1 saturated heterocycles. The Morgan fingerprint density at radius 3 is 2.64 bits per heavy atom. The molecule has 28 heavy (non-hydrogen) atoms. The van der Waals surface area contributed by atoms with Crippen LogP contribution >= 0.6 is 0 Å². The molecule has 1 aliphatic heterocycles. The zero-order chi connectivity index (χ0) is 19.8. The molecule has 3 fully saturated rings. The van der Waals surface area contributed by atoms with Crippen molar-refractivity contribution in [3.05, 3.63) is 29.8 Å². The van der Waals surface area contributed by atoms with Crippen LogP contribution in [0.5, 0.6) is 0 Å². The quantitative estimate of drug-likeness (QED) is 0.560. The molecular weight excluding hydrogens is 374 g/mol. The number of fused-ring (bicyclic) bond motifs is 2. The third-order valence-corrected chi connectivity index (χ3v) is 7.82. The molecule has 7 heteroatoms. The zero-order valence-electron chi connectivity index (χ0n) is 16.8. The van der Waals surface area contributed by atoms with Crippen LogP contribution in [0, 0.1) is 11.3 Å². The lowest BCUT2D eigenvalue weighted by molar-refractivity contribution is -0.171. The van der Waals surface area contributed by atoms with Gasteiger partial charge in [0, 0.05) is 43.3 Å². The average Bonchev–Trinajstić information content (AvgIpc) is 3.03. The predicted molar refractivity (Wildman–Crippen MR) is 110 cm³/mol. The maximum absolute atomic E-state index is 11.6. The van der Waals surface area contributed by atoms with Gasteiger partial charge in [0.1, 0.15) is 0 Å². The van der Waals surface area contributed by atoms with E-state index in [9.17, 15) is 8.42 Å². The summed E-state index contributed by atoms with van der Waals surface area (Å²) in [6, 6.07) is 7.57. The minimum absolute atomic E-state index is 0.332. The van der Waals surface area contributed by atoms with Crippen LogP contribution in [0.2, 0.25) is 0 Å². The van der Waals surface area contributed by atoms with Crippen LogP contribution in [0.15, 0.2) is 34.2 Å². The topological polar surface area (TPSA) is 79.8 Å². The van der Waals surface area contributed by atoms with E-state index in [-0.39, 0.29) is 0 Å². The lowest BCUT2D eigenvalue weighted by atomic mass is 9.46. The van der Waals surface area contributed by atoms with E-state index in [4.69, 9.17) is 9.73 Å². The normalized spacial score (nSPS) is 28.4. The first-order valence-electron chi connectivity index (χ1n) is 10.4. The van der Waals surface area contributed by atoms with Gasteiger partial charge in [0.25, 0.3) is 0 Å². The largest absolute Gasteiger partial charge is 0.377 e. The molecule has 1 spiro atoms. The van der Waals surface area contributed by atoms with Crippen LogP contribution in [0.25, 0.3) is 0 Å². The number of rotatable bonds is 6. The maximum Gasteiger partial charge on any atom is 0.191 e. The highest BCUT2D eigenvalue weighted by Gasteiger charge is 2.66. The number of sulfone groups is 1. The second-order valence-corrected chi connectivity index (χ2v) is 10.4. The maximum atomic E-state index is 11.6. The summed E-state index contributed by atoms with van der Waals surface area (Å²) in [7, 11) is -3.14. The van der Waals surface area contributed by atoms with Crippen molar-refractivity contribution >= 4 is 15.8 Å². The van der Waals surface area contributed by atoms with Gasteiger partial charge in [-0.1, -0.05) is 18.6 Å². The highest BCUT2D eigenvalue weighted by molar-refractivity contribution is 7.90. The van der Waals surface area contributed by atoms with Gasteiger partial charge in [-0.15, -0.1) is 0 Å². The van der Waals surface area contributed by atoms with E-state index < -0.39 is 9.84 Å². The molecule has 1 heterocycles. The van der Waals surface area contributed by atoms with Crippen molar-refractivity contribution in [1.29, 1.82) is 0 Å². The first-order chi connectivity index (χ1) is 13.4. The summed E-state index contributed by atoms with van der Waals surface area (Å²) < 4.78 is 29.2. The number of nitrogens with zero attached hydrogens (tertiary/aromatic N) is 1. The van der Waals surface area contributed by atoms with Crippen molar-refractivity contribution in [2.24, 2.45) is 16.3 Å². The van der Waals surface area contributed by atoms with Gasteiger partial charge in [0.2, 0.25) is 0 Å². The molecule has 0 bridgehead atoms.